The smallest absolute Gasteiger partial charge is 0.274 e. The number of carbonyl (C=O) groups excluding carboxylic acids is 1. The van der Waals surface area contributed by atoms with E-state index in [1.807, 2.05) is 0 Å². The molecule has 2 N–H and O–H groups in total. The number of rotatable bonds is 7. The molecule has 1 aromatic carbocycles. The van der Waals surface area contributed by atoms with Crippen LogP contribution in [0.4, 0.5) is 8.78 Å². The Balaban J connectivity index is 1.82. The van der Waals surface area contributed by atoms with E-state index < -0.39 is 46.3 Å². The monoisotopic (exact) mass is 622 g/mol. The molecule has 1 saturated heterocycles. The molecule has 212 valence electrons. The number of halogens is 4. The molecule has 0 saturated carbocycles. The second kappa shape index (κ2) is 10.7. The number of nitrogens with zero attached hydrogens (tertiary/aromatic N) is 3. The molecule has 0 unspecified atom stereocenters. The molecule has 39 heavy (non-hydrogen) atoms. The predicted octanol–water partition coefficient (Wildman–Crippen LogP) is 5.56. The van der Waals surface area contributed by atoms with Crippen LogP contribution in [-0.2, 0) is 15.6 Å². The van der Waals surface area contributed by atoms with Gasteiger partial charge < -0.3 is 14.5 Å². The number of likely N-dealkylation sites (tertiary alicyclic amines) is 1. The highest BCUT2D eigenvalue weighted by atomic mass is 35.5. The normalized spacial score (nSPS) is 16.2. The summed E-state index contributed by atoms with van der Waals surface area (Å²) in [6, 6.07) is 3.75. The minimum Gasteiger partial charge on any atom is -0.382 e. The minimum absolute atomic E-state index is 0.0816. The van der Waals surface area contributed by atoms with E-state index in [0.29, 0.717) is 0 Å². The number of hydrogen-bond donors (Lipinski definition) is 2. The predicted molar refractivity (Wildman–Crippen MR) is 144 cm³/mol. The topological polar surface area (TPSA) is 126 Å². The zero-order chi connectivity index (χ0) is 28.9. The van der Waals surface area contributed by atoms with Crippen molar-refractivity contribution in [2.45, 2.75) is 63.0 Å². The quantitative estimate of drug-likeness (QED) is 0.353. The van der Waals surface area contributed by atoms with E-state index in [1.54, 1.807) is 13.8 Å². The summed E-state index contributed by atoms with van der Waals surface area (Å²) in [5, 5.41) is 14.0. The van der Waals surface area contributed by atoms with Gasteiger partial charge in [0.1, 0.15) is 26.9 Å². The summed E-state index contributed by atoms with van der Waals surface area (Å²) < 4.78 is 60.7. The number of aromatic nitrogens is 2. The summed E-state index contributed by atoms with van der Waals surface area (Å²) >= 11 is 14.0. The second-order valence-electron chi connectivity index (χ2n) is 10.00. The highest BCUT2D eigenvalue weighted by Gasteiger charge is 2.38. The highest BCUT2D eigenvalue weighted by Crippen LogP contribution is 2.44. The summed E-state index contributed by atoms with van der Waals surface area (Å²) in [4.78, 5) is 19.3. The molecule has 1 fully saturated rings. The lowest BCUT2D eigenvalue weighted by molar-refractivity contribution is -0.0494. The maximum absolute atomic E-state index is 13.7. The SMILES string of the molecule is CC(C)NS(=O)(=O)c1ccc(-c2sc(-c3cc(C(C)(C)O)on3)nc2C(=O)N2CCC(F)(F)CC2)c(Cl)c1Cl. The van der Waals surface area contributed by atoms with Gasteiger partial charge in [0.15, 0.2) is 5.76 Å². The molecular formula is C24H26Cl2F2N4O5S2. The number of nitrogens with one attached hydrogen (secondary N) is 1. The number of carbonyl (C=O) groups is 1. The van der Waals surface area contributed by atoms with E-state index in [2.05, 4.69) is 14.9 Å². The van der Waals surface area contributed by atoms with E-state index in [9.17, 15) is 27.1 Å². The van der Waals surface area contributed by atoms with Gasteiger partial charge in [-0.05, 0) is 33.8 Å². The van der Waals surface area contributed by atoms with Crippen molar-refractivity contribution in [2.75, 3.05) is 13.1 Å². The Morgan fingerprint density at radius 1 is 1.23 bits per heavy atom. The lowest BCUT2D eigenvalue weighted by Gasteiger charge is -2.31. The fourth-order valence-electron chi connectivity index (χ4n) is 3.90. The average molecular weight is 624 g/mol. The van der Waals surface area contributed by atoms with Crippen LogP contribution in [0.3, 0.4) is 0 Å². The number of sulfonamides is 1. The number of amides is 1. The van der Waals surface area contributed by atoms with Crippen molar-refractivity contribution in [1.29, 1.82) is 0 Å². The number of piperidine rings is 1. The van der Waals surface area contributed by atoms with Gasteiger partial charge in [0.25, 0.3) is 11.8 Å². The van der Waals surface area contributed by atoms with Crippen LogP contribution in [0.2, 0.25) is 10.0 Å². The first-order chi connectivity index (χ1) is 18.0. The van der Waals surface area contributed by atoms with Gasteiger partial charge in [-0.2, -0.15) is 0 Å². The number of alkyl halides is 2. The zero-order valence-corrected chi connectivity index (χ0v) is 24.5. The van der Waals surface area contributed by atoms with Crippen LogP contribution in [-0.4, -0.2) is 59.5 Å². The molecule has 0 spiro atoms. The molecule has 3 heterocycles. The summed E-state index contributed by atoms with van der Waals surface area (Å²) in [5.74, 6) is -3.29. The number of thiazole rings is 1. The second-order valence-corrected chi connectivity index (χ2v) is 13.4. The van der Waals surface area contributed by atoms with Crippen LogP contribution in [0.5, 0.6) is 0 Å². The fourth-order valence-corrected chi connectivity index (χ4v) is 7.11. The molecule has 1 aliphatic rings. The molecule has 0 aliphatic carbocycles. The molecule has 1 amide bonds. The largest absolute Gasteiger partial charge is 0.382 e. The number of benzene rings is 1. The highest BCUT2D eigenvalue weighted by molar-refractivity contribution is 7.89. The molecule has 15 heteroatoms. The Morgan fingerprint density at radius 2 is 1.87 bits per heavy atom. The van der Waals surface area contributed by atoms with Crippen LogP contribution in [0, 0.1) is 0 Å². The average Bonchev–Trinajstić information content (AvgIpc) is 3.47. The van der Waals surface area contributed by atoms with Gasteiger partial charge in [-0.3, -0.25) is 4.79 Å². The van der Waals surface area contributed by atoms with Crippen molar-refractivity contribution in [2.24, 2.45) is 0 Å². The third-order valence-electron chi connectivity index (χ3n) is 5.92. The molecule has 0 bridgehead atoms. The van der Waals surface area contributed by atoms with E-state index in [4.69, 9.17) is 27.7 Å². The summed E-state index contributed by atoms with van der Waals surface area (Å²) in [5.41, 5.74) is -0.955. The van der Waals surface area contributed by atoms with Gasteiger partial charge in [-0.1, -0.05) is 34.4 Å². The van der Waals surface area contributed by atoms with Crippen molar-refractivity contribution in [3.05, 3.63) is 39.7 Å². The van der Waals surface area contributed by atoms with Crippen molar-refractivity contribution < 1.29 is 31.6 Å². The Hall–Kier alpha value is -2.16. The first-order valence-corrected chi connectivity index (χ1v) is 14.9. The van der Waals surface area contributed by atoms with Crippen LogP contribution < -0.4 is 4.72 Å². The Bertz CT molecular complexity index is 1510. The van der Waals surface area contributed by atoms with Gasteiger partial charge >= 0.3 is 0 Å². The van der Waals surface area contributed by atoms with Crippen molar-refractivity contribution in [1.82, 2.24) is 19.8 Å². The number of hydrogen-bond acceptors (Lipinski definition) is 8. The Labute approximate surface area is 238 Å². The summed E-state index contributed by atoms with van der Waals surface area (Å²) in [6.07, 6.45) is -0.962. The van der Waals surface area contributed by atoms with E-state index >= 15 is 0 Å². The van der Waals surface area contributed by atoms with Crippen molar-refractivity contribution >= 4 is 50.5 Å². The van der Waals surface area contributed by atoms with Crippen LogP contribution in [0.1, 0.15) is 56.8 Å². The molecule has 3 aromatic rings. The minimum atomic E-state index is -3.99. The van der Waals surface area contributed by atoms with E-state index in [1.165, 1.54) is 36.9 Å². The Morgan fingerprint density at radius 3 is 2.44 bits per heavy atom. The zero-order valence-electron chi connectivity index (χ0n) is 21.4. The van der Waals surface area contributed by atoms with Gasteiger partial charge in [0.2, 0.25) is 10.0 Å². The van der Waals surface area contributed by atoms with Crippen LogP contribution >= 0.6 is 34.5 Å². The molecule has 4 rings (SSSR count). The fraction of sp³-hybridized carbons (Fsp3) is 0.458. The van der Waals surface area contributed by atoms with Crippen molar-refractivity contribution in [3.63, 3.8) is 0 Å². The Kier molecular flexibility index (Phi) is 8.16. The van der Waals surface area contributed by atoms with E-state index in [0.717, 1.165) is 11.3 Å². The standard InChI is InChI=1S/C24H26Cl2F2N4O5S2/c1-12(2)31-39(35,36)15-6-5-13(17(25)18(15)26)20-19(22(33)32-9-7-24(27,28)8-10-32)29-21(38-20)14-11-16(37-30-14)23(3,4)34/h5-6,11-12,31,34H,7-10H2,1-4H3. The molecule has 0 atom stereocenters. The maximum Gasteiger partial charge on any atom is 0.274 e. The third-order valence-corrected chi connectivity index (χ3v) is 9.72. The summed E-state index contributed by atoms with van der Waals surface area (Å²) in [7, 11) is -3.99. The molecule has 0 radical (unpaired) electrons. The van der Waals surface area contributed by atoms with Gasteiger partial charge in [-0.25, -0.2) is 26.9 Å². The van der Waals surface area contributed by atoms with Crippen LogP contribution in [0.15, 0.2) is 27.6 Å². The number of aliphatic hydroxyl groups is 1. The summed E-state index contributed by atoms with van der Waals surface area (Å²) in [6.45, 7) is 5.99. The first-order valence-electron chi connectivity index (χ1n) is 11.9. The lowest BCUT2D eigenvalue weighted by Crippen LogP contribution is -2.43. The molecule has 2 aromatic heterocycles. The van der Waals surface area contributed by atoms with Gasteiger partial charge in [-0.15, -0.1) is 11.3 Å². The molecule has 1 aliphatic heterocycles. The van der Waals surface area contributed by atoms with Crippen molar-refractivity contribution in [3.8, 4) is 21.1 Å². The van der Waals surface area contributed by atoms with E-state index in [-0.39, 0.29) is 60.6 Å². The first kappa shape index (κ1) is 29.8. The third kappa shape index (κ3) is 6.28. The molecule has 9 nitrogen and oxygen atoms in total. The van der Waals surface area contributed by atoms with Crippen LogP contribution in [0.25, 0.3) is 21.1 Å². The molecular weight excluding hydrogens is 597 g/mol. The van der Waals surface area contributed by atoms with Gasteiger partial charge in [0.05, 0.1) is 14.9 Å². The van der Waals surface area contributed by atoms with Gasteiger partial charge in [0, 0.05) is 43.6 Å². The lowest BCUT2D eigenvalue weighted by atomic mass is 10.1. The maximum atomic E-state index is 13.7.